The zero-order chi connectivity index (χ0) is 44.6. The maximum absolute atomic E-state index is 12.8. The number of aliphatic carboxylic acids is 1. The van der Waals surface area contributed by atoms with Crippen LogP contribution in [-0.4, -0.2) is 88.4 Å². The molecule has 0 aliphatic carbocycles. The molecular weight excluding hydrogens is 777 g/mol. The third-order valence-electron chi connectivity index (χ3n) is 10.7. The van der Waals surface area contributed by atoms with E-state index in [1.807, 2.05) is 12.2 Å². The fourth-order valence-electron chi connectivity index (χ4n) is 6.95. The van der Waals surface area contributed by atoms with Crippen LogP contribution >= 0.6 is 0 Å². The molecule has 0 spiro atoms. The standard InChI is InChI=1S/C50H84O11/c1-3-5-7-9-11-13-15-17-19-20-21-22-23-25-27-29-31-33-35-37-39-44(52)60-42(41-59-50-47(55)45(53)46(54)48(61-50)49(56)57)40-58-43(51)38-36-34-32-30-28-26-24-18-16-14-12-10-8-6-4-2/h6,8,12,14,18,24,28,30,34,36,42,45-48,50,53-55H,3-5,7,9-11,13,15-17,19-23,25-27,29,31-33,35,37-41H2,1-2H3,(H,56,57)/b8-6-,14-12-,24-18-,30-28-,36-34-. The first-order valence-electron chi connectivity index (χ1n) is 23.8. The molecule has 1 aliphatic heterocycles. The molecule has 0 amide bonds. The number of hydrogen-bond acceptors (Lipinski definition) is 10. The minimum atomic E-state index is -1.87. The lowest BCUT2D eigenvalue weighted by molar-refractivity contribution is -0.298. The topological polar surface area (TPSA) is 169 Å². The van der Waals surface area contributed by atoms with Gasteiger partial charge in [-0.1, -0.05) is 197 Å². The Morgan fingerprint density at radius 1 is 0.525 bits per heavy atom. The monoisotopic (exact) mass is 861 g/mol. The average Bonchev–Trinajstić information content (AvgIpc) is 3.24. The van der Waals surface area contributed by atoms with Crippen LogP contribution in [0.25, 0.3) is 0 Å². The minimum absolute atomic E-state index is 0.00324. The highest BCUT2D eigenvalue weighted by Gasteiger charge is 2.47. The molecule has 6 unspecified atom stereocenters. The van der Waals surface area contributed by atoms with Crippen molar-refractivity contribution in [3.63, 3.8) is 0 Å². The number of carbonyl (C=O) groups is 3. The summed E-state index contributed by atoms with van der Waals surface area (Å²) in [5.41, 5.74) is 0. The summed E-state index contributed by atoms with van der Waals surface area (Å²) < 4.78 is 21.6. The molecule has 1 fully saturated rings. The maximum atomic E-state index is 12.8. The molecular formula is C50H84O11. The van der Waals surface area contributed by atoms with Crippen LogP contribution in [-0.2, 0) is 33.3 Å². The summed E-state index contributed by atoms with van der Waals surface area (Å²) in [4.78, 5) is 36.8. The van der Waals surface area contributed by atoms with E-state index in [0.29, 0.717) is 12.8 Å². The summed E-state index contributed by atoms with van der Waals surface area (Å²) in [6, 6.07) is 0. The number of esters is 2. The maximum Gasteiger partial charge on any atom is 0.335 e. The summed E-state index contributed by atoms with van der Waals surface area (Å²) in [5, 5.41) is 39.8. The number of aliphatic hydroxyl groups excluding tert-OH is 3. The zero-order valence-corrected chi connectivity index (χ0v) is 37.9. The Morgan fingerprint density at radius 3 is 1.39 bits per heavy atom. The van der Waals surface area contributed by atoms with Gasteiger partial charge in [0.1, 0.15) is 24.9 Å². The lowest BCUT2D eigenvalue weighted by atomic mass is 9.99. The van der Waals surface area contributed by atoms with Gasteiger partial charge in [0.15, 0.2) is 18.5 Å². The Bertz CT molecular complexity index is 1240. The second-order valence-corrected chi connectivity index (χ2v) is 16.2. The SMILES string of the molecule is CC/C=C\C/C=C\C/C=C\C/C=C\C/C=C\CC(=O)OCC(COC1OC(C(=O)O)C(O)C(O)C1O)OC(=O)CCCCCCCCCCCCCCCCCCCCCC. The van der Waals surface area contributed by atoms with E-state index in [2.05, 4.69) is 56.4 Å². The van der Waals surface area contributed by atoms with Gasteiger partial charge in [0.05, 0.1) is 13.0 Å². The van der Waals surface area contributed by atoms with E-state index in [0.717, 1.165) is 44.9 Å². The summed E-state index contributed by atoms with van der Waals surface area (Å²) >= 11 is 0. The van der Waals surface area contributed by atoms with E-state index < -0.39 is 61.3 Å². The molecule has 4 N–H and O–H groups in total. The number of hydrogen-bond donors (Lipinski definition) is 4. The second kappa shape index (κ2) is 39.7. The van der Waals surface area contributed by atoms with E-state index in [1.54, 1.807) is 6.08 Å². The summed E-state index contributed by atoms with van der Waals surface area (Å²) in [6.07, 6.45) is 40.2. The van der Waals surface area contributed by atoms with Crippen molar-refractivity contribution in [1.29, 1.82) is 0 Å². The Morgan fingerprint density at radius 2 is 0.951 bits per heavy atom. The molecule has 1 heterocycles. The van der Waals surface area contributed by atoms with Crippen LogP contribution in [0.15, 0.2) is 60.8 Å². The summed E-state index contributed by atoms with van der Waals surface area (Å²) in [6.45, 7) is 3.62. The van der Waals surface area contributed by atoms with Gasteiger partial charge < -0.3 is 39.4 Å². The van der Waals surface area contributed by atoms with Crippen molar-refractivity contribution in [3.05, 3.63) is 60.8 Å². The largest absolute Gasteiger partial charge is 0.479 e. The molecule has 11 nitrogen and oxygen atoms in total. The fraction of sp³-hybridized carbons (Fsp3) is 0.740. The predicted molar refractivity (Wildman–Crippen MR) is 243 cm³/mol. The van der Waals surface area contributed by atoms with Crippen molar-refractivity contribution in [2.24, 2.45) is 0 Å². The van der Waals surface area contributed by atoms with Gasteiger partial charge in [-0.05, 0) is 38.5 Å². The van der Waals surface area contributed by atoms with Gasteiger partial charge in [0.2, 0.25) is 0 Å². The second-order valence-electron chi connectivity index (χ2n) is 16.2. The normalized spacial score (nSPS) is 20.2. The van der Waals surface area contributed by atoms with Crippen LogP contribution in [0.2, 0.25) is 0 Å². The minimum Gasteiger partial charge on any atom is -0.479 e. The van der Waals surface area contributed by atoms with E-state index in [1.165, 1.54) is 103 Å². The van der Waals surface area contributed by atoms with Crippen LogP contribution in [0.3, 0.4) is 0 Å². The van der Waals surface area contributed by atoms with E-state index in [-0.39, 0.29) is 19.4 Å². The first kappa shape index (κ1) is 55.9. The molecule has 350 valence electrons. The Balaban J connectivity index is 2.37. The number of carboxylic acid groups (broad SMARTS) is 1. The van der Waals surface area contributed by atoms with Gasteiger partial charge in [0.25, 0.3) is 0 Å². The zero-order valence-electron chi connectivity index (χ0n) is 37.9. The van der Waals surface area contributed by atoms with Crippen molar-refractivity contribution in [2.75, 3.05) is 13.2 Å². The quantitative estimate of drug-likeness (QED) is 0.0264. The molecule has 0 aromatic heterocycles. The third-order valence-corrected chi connectivity index (χ3v) is 10.7. The molecule has 1 aliphatic rings. The van der Waals surface area contributed by atoms with Crippen molar-refractivity contribution in [1.82, 2.24) is 0 Å². The molecule has 1 saturated heterocycles. The Kier molecular flexibility index (Phi) is 36.4. The lowest BCUT2D eigenvalue weighted by Gasteiger charge is -2.38. The number of allylic oxidation sites excluding steroid dienone is 9. The predicted octanol–water partition coefficient (Wildman–Crippen LogP) is 10.7. The van der Waals surface area contributed by atoms with E-state index >= 15 is 0 Å². The van der Waals surface area contributed by atoms with Gasteiger partial charge in [-0.2, -0.15) is 0 Å². The highest BCUT2D eigenvalue weighted by Crippen LogP contribution is 2.23. The summed E-state index contributed by atoms with van der Waals surface area (Å²) in [7, 11) is 0. The van der Waals surface area contributed by atoms with E-state index in [4.69, 9.17) is 18.9 Å². The van der Waals surface area contributed by atoms with Crippen LogP contribution in [0, 0.1) is 0 Å². The van der Waals surface area contributed by atoms with Crippen LogP contribution in [0.1, 0.15) is 187 Å². The smallest absolute Gasteiger partial charge is 0.335 e. The van der Waals surface area contributed by atoms with Gasteiger partial charge >= 0.3 is 17.9 Å². The number of ether oxygens (including phenoxy) is 4. The van der Waals surface area contributed by atoms with Crippen molar-refractivity contribution >= 4 is 17.9 Å². The highest BCUT2D eigenvalue weighted by molar-refractivity contribution is 5.73. The van der Waals surface area contributed by atoms with Crippen LogP contribution < -0.4 is 0 Å². The Labute approximate surface area is 368 Å². The van der Waals surface area contributed by atoms with Gasteiger partial charge in [-0.25, -0.2) is 4.79 Å². The molecule has 11 heteroatoms. The first-order valence-corrected chi connectivity index (χ1v) is 23.8. The van der Waals surface area contributed by atoms with Crippen LogP contribution in [0.4, 0.5) is 0 Å². The van der Waals surface area contributed by atoms with Crippen molar-refractivity contribution in [3.8, 4) is 0 Å². The summed E-state index contributed by atoms with van der Waals surface area (Å²) in [5.74, 6) is -2.60. The average molecular weight is 861 g/mol. The highest BCUT2D eigenvalue weighted by atomic mass is 16.7. The van der Waals surface area contributed by atoms with Gasteiger partial charge in [0, 0.05) is 6.42 Å². The van der Waals surface area contributed by atoms with E-state index in [9.17, 15) is 34.8 Å². The van der Waals surface area contributed by atoms with Crippen molar-refractivity contribution in [2.45, 2.75) is 224 Å². The number of unbranched alkanes of at least 4 members (excludes halogenated alkanes) is 19. The Hall–Kier alpha value is -3.09. The molecule has 0 saturated carbocycles. The molecule has 1 rings (SSSR count). The molecule has 0 radical (unpaired) electrons. The van der Waals surface area contributed by atoms with Gasteiger partial charge in [-0.3, -0.25) is 9.59 Å². The molecule has 61 heavy (non-hydrogen) atoms. The van der Waals surface area contributed by atoms with Crippen LogP contribution in [0.5, 0.6) is 0 Å². The number of aliphatic hydroxyl groups is 3. The molecule has 0 aromatic carbocycles. The number of carbonyl (C=O) groups excluding carboxylic acids is 2. The third kappa shape index (κ3) is 31.4. The van der Waals surface area contributed by atoms with Crippen molar-refractivity contribution < 1.29 is 53.8 Å². The number of rotatable bonds is 39. The number of carboxylic acids is 1. The molecule has 0 bridgehead atoms. The fourth-order valence-corrected chi connectivity index (χ4v) is 6.95. The first-order chi connectivity index (χ1) is 29.7. The van der Waals surface area contributed by atoms with Gasteiger partial charge in [-0.15, -0.1) is 0 Å². The molecule has 0 aromatic rings. The molecule has 6 atom stereocenters. The lowest BCUT2D eigenvalue weighted by Crippen LogP contribution is -2.60.